The first-order chi connectivity index (χ1) is 9.98. The van der Waals surface area contributed by atoms with Crippen LogP contribution < -0.4 is 4.90 Å². The summed E-state index contributed by atoms with van der Waals surface area (Å²) < 4.78 is 1.68. The van der Waals surface area contributed by atoms with Gasteiger partial charge >= 0.3 is 0 Å². The lowest BCUT2D eigenvalue weighted by molar-refractivity contribution is 0.0978. The SMILES string of the molecule is CC(C)(C)c1ccccc1C(=O)N1CCCn2nnnc21. The van der Waals surface area contributed by atoms with Gasteiger partial charge in [0.2, 0.25) is 0 Å². The molecule has 21 heavy (non-hydrogen) atoms. The standard InChI is InChI=1S/C15H19N5O/c1-15(2,3)12-8-5-4-7-11(12)13(21)19-9-6-10-20-14(19)16-17-18-20/h4-5,7-8H,6,9-10H2,1-3H3. The number of hydrogen-bond acceptors (Lipinski definition) is 4. The van der Waals surface area contributed by atoms with E-state index in [-0.39, 0.29) is 11.3 Å². The highest BCUT2D eigenvalue weighted by atomic mass is 16.2. The van der Waals surface area contributed by atoms with Gasteiger partial charge in [0.25, 0.3) is 11.9 Å². The largest absolute Gasteiger partial charge is 0.275 e. The molecule has 0 saturated heterocycles. The minimum Gasteiger partial charge on any atom is -0.275 e. The van der Waals surface area contributed by atoms with Crippen molar-refractivity contribution >= 4 is 11.9 Å². The average molecular weight is 285 g/mol. The summed E-state index contributed by atoms with van der Waals surface area (Å²) in [6, 6.07) is 7.76. The summed E-state index contributed by atoms with van der Waals surface area (Å²) in [6.07, 6.45) is 0.863. The molecule has 1 amide bonds. The Kier molecular flexibility index (Phi) is 3.23. The summed E-state index contributed by atoms with van der Waals surface area (Å²) in [5, 5.41) is 11.6. The summed E-state index contributed by atoms with van der Waals surface area (Å²) in [6.45, 7) is 7.74. The van der Waals surface area contributed by atoms with Crippen molar-refractivity contribution in [3.63, 3.8) is 0 Å². The Balaban J connectivity index is 2.02. The first kappa shape index (κ1) is 13.7. The Hall–Kier alpha value is -2.24. The predicted octanol–water partition coefficient (Wildman–Crippen LogP) is 2.02. The number of anilines is 1. The van der Waals surface area contributed by atoms with E-state index in [0.717, 1.165) is 24.1 Å². The Morgan fingerprint density at radius 3 is 2.71 bits per heavy atom. The van der Waals surface area contributed by atoms with E-state index in [1.165, 1.54) is 0 Å². The third kappa shape index (κ3) is 2.41. The van der Waals surface area contributed by atoms with Gasteiger partial charge in [0.05, 0.1) is 0 Å². The van der Waals surface area contributed by atoms with Gasteiger partial charge in [-0.1, -0.05) is 44.1 Å². The molecule has 0 N–H and O–H groups in total. The molecule has 2 aromatic rings. The van der Waals surface area contributed by atoms with Gasteiger partial charge in [-0.05, 0) is 33.9 Å². The number of aryl methyl sites for hydroxylation is 1. The molecule has 1 aliphatic heterocycles. The monoisotopic (exact) mass is 285 g/mol. The molecular formula is C15H19N5O. The molecule has 6 heteroatoms. The van der Waals surface area contributed by atoms with Crippen LogP contribution in [0.15, 0.2) is 24.3 Å². The lowest BCUT2D eigenvalue weighted by Crippen LogP contribution is -2.39. The van der Waals surface area contributed by atoms with E-state index in [0.29, 0.717) is 12.5 Å². The van der Waals surface area contributed by atoms with Crippen LogP contribution in [0.1, 0.15) is 43.1 Å². The van der Waals surface area contributed by atoms with E-state index in [1.54, 1.807) is 9.58 Å². The fourth-order valence-electron chi connectivity index (χ4n) is 2.68. The number of tetrazole rings is 1. The zero-order chi connectivity index (χ0) is 15.0. The number of benzene rings is 1. The van der Waals surface area contributed by atoms with Crippen LogP contribution >= 0.6 is 0 Å². The summed E-state index contributed by atoms with van der Waals surface area (Å²) >= 11 is 0. The van der Waals surface area contributed by atoms with Crippen molar-refractivity contribution in [3.05, 3.63) is 35.4 Å². The average Bonchev–Trinajstić information content (AvgIpc) is 2.94. The molecule has 0 spiro atoms. The normalized spacial score (nSPS) is 14.9. The Labute approximate surface area is 123 Å². The summed E-state index contributed by atoms with van der Waals surface area (Å²) in [5.41, 5.74) is 1.68. The summed E-state index contributed by atoms with van der Waals surface area (Å²) in [4.78, 5) is 14.6. The molecule has 2 heterocycles. The highest BCUT2D eigenvalue weighted by molar-refractivity contribution is 6.06. The molecule has 0 saturated carbocycles. The van der Waals surface area contributed by atoms with E-state index >= 15 is 0 Å². The van der Waals surface area contributed by atoms with Crippen LogP contribution in [0.3, 0.4) is 0 Å². The zero-order valence-corrected chi connectivity index (χ0v) is 12.6. The summed E-state index contributed by atoms with van der Waals surface area (Å²) in [7, 11) is 0. The van der Waals surface area contributed by atoms with Gasteiger partial charge in [-0.15, -0.1) is 0 Å². The highest BCUT2D eigenvalue weighted by Gasteiger charge is 2.29. The third-order valence-electron chi connectivity index (χ3n) is 3.72. The second-order valence-electron chi connectivity index (χ2n) is 6.31. The maximum absolute atomic E-state index is 12.9. The fraction of sp³-hybridized carbons (Fsp3) is 0.467. The fourth-order valence-corrected chi connectivity index (χ4v) is 2.68. The molecule has 0 atom stereocenters. The number of carbonyl (C=O) groups excluding carboxylic acids is 1. The van der Waals surface area contributed by atoms with Crippen molar-refractivity contribution in [1.29, 1.82) is 0 Å². The Morgan fingerprint density at radius 2 is 1.95 bits per heavy atom. The number of amides is 1. The molecule has 0 unspecified atom stereocenters. The Morgan fingerprint density at radius 1 is 1.19 bits per heavy atom. The lowest BCUT2D eigenvalue weighted by atomic mass is 9.83. The van der Waals surface area contributed by atoms with Crippen molar-refractivity contribution in [1.82, 2.24) is 20.2 Å². The second kappa shape index (κ2) is 4.95. The van der Waals surface area contributed by atoms with E-state index < -0.39 is 0 Å². The number of hydrogen-bond donors (Lipinski definition) is 0. The number of nitrogens with zero attached hydrogens (tertiary/aromatic N) is 5. The number of rotatable bonds is 1. The van der Waals surface area contributed by atoms with Crippen LogP contribution in [-0.4, -0.2) is 32.7 Å². The van der Waals surface area contributed by atoms with Crippen LogP contribution in [0.5, 0.6) is 0 Å². The molecule has 1 aromatic carbocycles. The lowest BCUT2D eigenvalue weighted by Gasteiger charge is -2.28. The molecule has 1 aromatic heterocycles. The topological polar surface area (TPSA) is 63.9 Å². The first-order valence-electron chi connectivity index (χ1n) is 7.16. The van der Waals surface area contributed by atoms with Gasteiger partial charge in [0, 0.05) is 18.7 Å². The van der Waals surface area contributed by atoms with E-state index in [2.05, 4.69) is 36.3 Å². The van der Waals surface area contributed by atoms with Crippen molar-refractivity contribution in [2.45, 2.75) is 39.2 Å². The molecule has 3 rings (SSSR count). The van der Waals surface area contributed by atoms with Crippen molar-refractivity contribution in [3.8, 4) is 0 Å². The number of carbonyl (C=O) groups is 1. The predicted molar refractivity (Wildman–Crippen MR) is 79.3 cm³/mol. The molecule has 0 bridgehead atoms. The van der Waals surface area contributed by atoms with Crippen molar-refractivity contribution in [2.24, 2.45) is 0 Å². The molecule has 6 nitrogen and oxygen atoms in total. The molecule has 1 aliphatic rings. The molecule has 0 fully saturated rings. The third-order valence-corrected chi connectivity index (χ3v) is 3.72. The molecular weight excluding hydrogens is 266 g/mol. The maximum atomic E-state index is 12.9. The maximum Gasteiger partial charge on any atom is 0.260 e. The highest BCUT2D eigenvalue weighted by Crippen LogP contribution is 2.28. The van der Waals surface area contributed by atoms with Crippen molar-refractivity contribution in [2.75, 3.05) is 11.4 Å². The van der Waals surface area contributed by atoms with Crippen LogP contribution in [0.25, 0.3) is 0 Å². The molecule has 110 valence electrons. The van der Waals surface area contributed by atoms with Crippen LogP contribution in [0, 0.1) is 0 Å². The van der Waals surface area contributed by atoms with E-state index in [4.69, 9.17) is 0 Å². The molecule has 0 aliphatic carbocycles. The quantitative estimate of drug-likeness (QED) is 0.804. The van der Waals surface area contributed by atoms with Gasteiger partial charge in [0.1, 0.15) is 0 Å². The van der Waals surface area contributed by atoms with Gasteiger partial charge in [-0.3, -0.25) is 9.69 Å². The smallest absolute Gasteiger partial charge is 0.260 e. The molecule has 0 radical (unpaired) electrons. The minimum absolute atomic E-state index is 0.0312. The van der Waals surface area contributed by atoms with Crippen LogP contribution in [-0.2, 0) is 12.0 Å². The minimum atomic E-state index is -0.0893. The van der Waals surface area contributed by atoms with Crippen molar-refractivity contribution < 1.29 is 4.79 Å². The van der Waals surface area contributed by atoms with Gasteiger partial charge < -0.3 is 0 Å². The summed E-state index contributed by atoms with van der Waals surface area (Å²) in [5.74, 6) is 0.506. The van der Waals surface area contributed by atoms with E-state index in [9.17, 15) is 4.79 Å². The van der Waals surface area contributed by atoms with Crippen LogP contribution in [0.4, 0.5) is 5.95 Å². The zero-order valence-electron chi connectivity index (χ0n) is 12.6. The van der Waals surface area contributed by atoms with Crippen LogP contribution in [0.2, 0.25) is 0 Å². The Bertz CT molecular complexity index is 671. The van der Waals surface area contributed by atoms with Gasteiger partial charge in [-0.2, -0.15) is 0 Å². The first-order valence-corrected chi connectivity index (χ1v) is 7.16. The number of fused-ring (bicyclic) bond motifs is 1. The van der Waals surface area contributed by atoms with E-state index in [1.807, 2.05) is 24.3 Å². The van der Waals surface area contributed by atoms with Gasteiger partial charge in [-0.25, -0.2) is 4.68 Å². The number of aromatic nitrogens is 4. The second-order valence-corrected chi connectivity index (χ2v) is 6.31. The van der Waals surface area contributed by atoms with Gasteiger partial charge in [0.15, 0.2) is 0 Å².